The van der Waals surface area contributed by atoms with Gasteiger partial charge >= 0.3 is 0 Å². The van der Waals surface area contributed by atoms with Crippen molar-refractivity contribution in [3.63, 3.8) is 0 Å². The van der Waals surface area contributed by atoms with E-state index in [1.54, 1.807) is 16.9 Å². The van der Waals surface area contributed by atoms with E-state index < -0.39 is 0 Å². The molecular formula is C22H30N4O2. The van der Waals surface area contributed by atoms with Gasteiger partial charge in [-0.05, 0) is 50.8 Å². The first-order valence-electron chi connectivity index (χ1n) is 10.3. The summed E-state index contributed by atoms with van der Waals surface area (Å²) < 4.78 is 7.97. The fourth-order valence-electron chi connectivity index (χ4n) is 4.61. The number of rotatable bonds is 5. The van der Waals surface area contributed by atoms with E-state index in [1.165, 1.54) is 0 Å². The van der Waals surface area contributed by atoms with Crippen molar-refractivity contribution in [2.45, 2.75) is 44.9 Å². The summed E-state index contributed by atoms with van der Waals surface area (Å²) in [5.41, 5.74) is 0.663. The highest BCUT2D eigenvalue weighted by atomic mass is 16.5. The van der Waals surface area contributed by atoms with Crippen molar-refractivity contribution in [3.8, 4) is 5.75 Å². The molecule has 2 fully saturated rings. The van der Waals surface area contributed by atoms with Crippen molar-refractivity contribution < 1.29 is 9.53 Å². The number of carbonyl (C=O) groups excluding carboxylic acids is 1. The number of ether oxygens (including phenoxy) is 1. The molecule has 28 heavy (non-hydrogen) atoms. The van der Waals surface area contributed by atoms with Gasteiger partial charge in [0.25, 0.3) is 5.91 Å². The number of carbonyl (C=O) groups is 1. The highest BCUT2D eigenvalue weighted by molar-refractivity contribution is 5.92. The van der Waals surface area contributed by atoms with Gasteiger partial charge in [0.1, 0.15) is 17.5 Å². The maximum Gasteiger partial charge on any atom is 0.272 e. The number of piperidine rings is 1. The van der Waals surface area contributed by atoms with Gasteiger partial charge in [-0.3, -0.25) is 14.4 Å². The Balaban J connectivity index is 1.39. The third kappa shape index (κ3) is 3.65. The Morgan fingerprint density at radius 2 is 1.86 bits per heavy atom. The molecule has 4 rings (SSSR count). The predicted octanol–water partition coefficient (Wildman–Crippen LogP) is 2.81. The molecule has 3 heterocycles. The van der Waals surface area contributed by atoms with Crippen molar-refractivity contribution in [1.82, 2.24) is 19.6 Å². The second-order valence-electron chi connectivity index (χ2n) is 8.22. The normalized spacial score (nSPS) is 23.6. The third-order valence-electron chi connectivity index (χ3n) is 6.20. The van der Waals surface area contributed by atoms with Gasteiger partial charge in [-0.15, -0.1) is 0 Å². The lowest BCUT2D eigenvalue weighted by atomic mass is 9.79. The Morgan fingerprint density at radius 1 is 1.14 bits per heavy atom. The van der Waals surface area contributed by atoms with Crippen LogP contribution in [0.15, 0.2) is 42.6 Å². The number of aryl methyl sites for hydroxylation is 1. The maximum absolute atomic E-state index is 12.7. The van der Waals surface area contributed by atoms with Crippen LogP contribution in [0.3, 0.4) is 0 Å². The lowest BCUT2D eigenvalue weighted by Crippen LogP contribution is -2.68. The van der Waals surface area contributed by atoms with E-state index in [2.05, 4.69) is 23.8 Å². The molecule has 2 saturated heterocycles. The first kappa shape index (κ1) is 19.0. The minimum Gasteiger partial charge on any atom is -0.487 e. The molecule has 0 spiro atoms. The van der Waals surface area contributed by atoms with Gasteiger partial charge in [0.15, 0.2) is 0 Å². The zero-order valence-electron chi connectivity index (χ0n) is 17.0. The number of benzene rings is 1. The van der Waals surface area contributed by atoms with Crippen LogP contribution in [-0.2, 0) is 7.05 Å². The van der Waals surface area contributed by atoms with Crippen LogP contribution in [-0.4, -0.2) is 63.3 Å². The van der Waals surface area contributed by atoms with Crippen LogP contribution < -0.4 is 4.74 Å². The van der Waals surface area contributed by atoms with Crippen molar-refractivity contribution in [3.05, 3.63) is 48.3 Å². The molecule has 0 saturated carbocycles. The third-order valence-corrected chi connectivity index (χ3v) is 6.20. The summed E-state index contributed by atoms with van der Waals surface area (Å²) in [6.45, 7) is 7.09. The fourth-order valence-corrected chi connectivity index (χ4v) is 4.61. The molecule has 150 valence electrons. The van der Waals surface area contributed by atoms with Gasteiger partial charge in [0.2, 0.25) is 0 Å². The highest BCUT2D eigenvalue weighted by Crippen LogP contribution is 2.36. The standard InChI is InChI=1S/C22H30N4O2/c1-16(2)26-15-20(28-18-7-5-4-6-8-18)21(26)17-10-13-25(14-11-17)22(27)19-9-12-23-24(19)3/h4-9,12,16-17,20-21H,10-11,13-15H2,1-3H3/t20-,21-/m0/s1. The van der Waals surface area contributed by atoms with Gasteiger partial charge in [-0.25, -0.2) is 0 Å². The van der Waals surface area contributed by atoms with Gasteiger partial charge in [-0.2, -0.15) is 5.10 Å². The first-order valence-corrected chi connectivity index (χ1v) is 10.3. The van der Waals surface area contributed by atoms with Crippen LogP contribution in [0.5, 0.6) is 5.75 Å². The van der Waals surface area contributed by atoms with E-state index >= 15 is 0 Å². The minimum absolute atomic E-state index is 0.0878. The molecule has 1 amide bonds. The summed E-state index contributed by atoms with van der Waals surface area (Å²) in [7, 11) is 1.82. The minimum atomic E-state index is 0.0878. The van der Waals surface area contributed by atoms with E-state index in [9.17, 15) is 4.79 Å². The molecule has 1 aromatic carbocycles. The molecule has 2 aromatic rings. The Kier molecular flexibility index (Phi) is 5.40. The number of para-hydroxylation sites is 1. The highest BCUT2D eigenvalue weighted by Gasteiger charge is 2.47. The van der Waals surface area contributed by atoms with E-state index in [4.69, 9.17) is 4.74 Å². The molecule has 2 atom stereocenters. The SMILES string of the molecule is CC(C)N1C[C@H](Oc2ccccc2)[C@@H]1C1CCN(C(=O)c2ccnn2C)CC1. The average Bonchev–Trinajstić information content (AvgIpc) is 3.11. The molecule has 2 aliphatic rings. The summed E-state index contributed by atoms with van der Waals surface area (Å²) in [5.74, 6) is 1.59. The Morgan fingerprint density at radius 3 is 2.46 bits per heavy atom. The second kappa shape index (κ2) is 7.95. The van der Waals surface area contributed by atoms with E-state index in [1.807, 2.05) is 42.3 Å². The molecule has 2 aliphatic heterocycles. The second-order valence-corrected chi connectivity index (χ2v) is 8.22. The Bertz CT molecular complexity index is 796. The number of hydrogen-bond donors (Lipinski definition) is 0. The molecular weight excluding hydrogens is 352 g/mol. The molecule has 0 bridgehead atoms. The summed E-state index contributed by atoms with van der Waals surface area (Å²) in [4.78, 5) is 17.3. The number of amides is 1. The first-order chi connectivity index (χ1) is 13.5. The summed E-state index contributed by atoms with van der Waals surface area (Å²) in [6.07, 6.45) is 3.95. The van der Waals surface area contributed by atoms with Crippen LogP contribution in [0.2, 0.25) is 0 Å². The monoisotopic (exact) mass is 382 g/mol. The summed E-state index contributed by atoms with van der Waals surface area (Å²) in [6, 6.07) is 12.8. The van der Waals surface area contributed by atoms with Crippen LogP contribution in [0.25, 0.3) is 0 Å². The van der Waals surface area contributed by atoms with E-state index in [-0.39, 0.29) is 12.0 Å². The molecule has 0 unspecified atom stereocenters. The smallest absolute Gasteiger partial charge is 0.272 e. The zero-order chi connectivity index (χ0) is 19.7. The van der Waals surface area contributed by atoms with Gasteiger partial charge in [0.05, 0.1) is 6.04 Å². The van der Waals surface area contributed by atoms with E-state index in [0.29, 0.717) is 23.7 Å². The van der Waals surface area contributed by atoms with E-state index in [0.717, 1.165) is 38.2 Å². The average molecular weight is 383 g/mol. The number of aromatic nitrogens is 2. The topological polar surface area (TPSA) is 50.6 Å². The zero-order valence-corrected chi connectivity index (χ0v) is 17.0. The largest absolute Gasteiger partial charge is 0.487 e. The number of nitrogens with zero attached hydrogens (tertiary/aromatic N) is 4. The van der Waals surface area contributed by atoms with Crippen molar-refractivity contribution in [2.24, 2.45) is 13.0 Å². The van der Waals surface area contributed by atoms with Crippen molar-refractivity contribution >= 4 is 5.91 Å². The molecule has 0 aliphatic carbocycles. The predicted molar refractivity (Wildman–Crippen MR) is 108 cm³/mol. The molecule has 6 nitrogen and oxygen atoms in total. The van der Waals surface area contributed by atoms with Crippen molar-refractivity contribution in [1.29, 1.82) is 0 Å². The van der Waals surface area contributed by atoms with Crippen LogP contribution >= 0.6 is 0 Å². The van der Waals surface area contributed by atoms with Gasteiger partial charge < -0.3 is 9.64 Å². The fraction of sp³-hybridized carbons (Fsp3) is 0.545. The van der Waals surface area contributed by atoms with Crippen molar-refractivity contribution in [2.75, 3.05) is 19.6 Å². The van der Waals surface area contributed by atoms with Crippen LogP contribution in [0.1, 0.15) is 37.2 Å². The molecule has 1 aromatic heterocycles. The van der Waals surface area contributed by atoms with Gasteiger partial charge in [-0.1, -0.05) is 18.2 Å². The van der Waals surface area contributed by atoms with Gasteiger partial charge in [0, 0.05) is 38.9 Å². The maximum atomic E-state index is 12.7. The van der Waals surface area contributed by atoms with Crippen LogP contribution in [0, 0.1) is 5.92 Å². The Hall–Kier alpha value is -2.34. The number of likely N-dealkylation sites (tertiary alicyclic amines) is 2. The quantitative estimate of drug-likeness (QED) is 0.798. The number of hydrogen-bond acceptors (Lipinski definition) is 4. The summed E-state index contributed by atoms with van der Waals surface area (Å²) >= 11 is 0. The lowest BCUT2D eigenvalue weighted by molar-refractivity contribution is -0.0983. The van der Waals surface area contributed by atoms with Crippen LogP contribution in [0.4, 0.5) is 0 Å². The summed E-state index contributed by atoms with van der Waals surface area (Å²) in [5, 5.41) is 4.12. The Labute approximate surface area is 167 Å². The molecule has 0 N–H and O–H groups in total. The molecule has 6 heteroatoms. The molecule has 0 radical (unpaired) electrons. The lowest BCUT2D eigenvalue weighted by Gasteiger charge is -2.54.